The Morgan fingerprint density at radius 2 is 1.66 bits per heavy atom. The fourth-order valence-corrected chi connectivity index (χ4v) is 3.13. The standard InChI is InChI=1S/C24H17ClO4/c1-15-6-8-16(9-7-15)20(26)14-28-24-22(27)19-4-2-3-5-21(19)29-23(24)17-10-12-18(25)13-11-17/h2-13H,14H2,1H3. The number of hydrogen-bond acceptors (Lipinski definition) is 4. The molecule has 0 radical (unpaired) electrons. The summed E-state index contributed by atoms with van der Waals surface area (Å²) in [4.78, 5) is 25.6. The first-order chi connectivity index (χ1) is 14.0. The second-order valence-electron chi connectivity index (χ2n) is 6.67. The Labute approximate surface area is 172 Å². The second-order valence-corrected chi connectivity index (χ2v) is 7.11. The van der Waals surface area contributed by atoms with Crippen molar-refractivity contribution < 1.29 is 13.9 Å². The number of ether oxygens (including phenoxy) is 1. The first-order valence-electron chi connectivity index (χ1n) is 9.07. The van der Waals surface area contributed by atoms with Gasteiger partial charge in [-0.1, -0.05) is 53.6 Å². The summed E-state index contributed by atoms with van der Waals surface area (Å²) < 4.78 is 11.7. The molecule has 0 saturated carbocycles. The van der Waals surface area contributed by atoms with E-state index in [2.05, 4.69) is 0 Å². The van der Waals surface area contributed by atoms with Gasteiger partial charge < -0.3 is 9.15 Å². The smallest absolute Gasteiger partial charge is 0.235 e. The Balaban J connectivity index is 1.75. The lowest BCUT2D eigenvalue weighted by Gasteiger charge is -2.11. The first-order valence-corrected chi connectivity index (χ1v) is 9.45. The fourth-order valence-electron chi connectivity index (χ4n) is 3.01. The maximum Gasteiger partial charge on any atom is 0.235 e. The third-order valence-electron chi connectivity index (χ3n) is 4.58. The zero-order valence-corrected chi connectivity index (χ0v) is 16.4. The van der Waals surface area contributed by atoms with Crippen molar-refractivity contribution in [1.29, 1.82) is 0 Å². The average Bonchev–Trinajstić information content (AvgIpc) is 2.74. The molecule has 0 aliphatic heterocycles. The van der Waals surface area contributed by atoms with Crippen molar-refractivity contribution in [2.45, 2.75) is 6.92 Å². The number of carbonyl (C=O) groups excluding carboxylic acids is 1. The van der Waals surface area contributed by atoms with Crippen LogP contribution in [0.4, 0.5) is 0 Å². The minimum atomic E-state index is -0.325. The predicted octanol–water partition coefficient (Wildman–Crippen LogP) is 5.68. The van der Waals surface area contributed by atoms with Crippen LogP contribution in [0.5, 0.6) is 5.75 Å². The average molecular weight is 405 g/mol. The van der Waals surface area contributed by atoms with Gasteiger partial charge in [0.25, 0.3) is 0 Å². The van der Waals surface area contributed by atoms with Gasteiger partial charge in [0.1, 0.15) is 5.58 Å². The van der Waals surface area contributed by atoms with Crippen LogP contribution in [0.15, 0.2) is 82.0 Å². The minimum Gasteiger partial charge on any atom is -0.478 e. The van der Waals surface area contributed by atoms with Crippen molar-refractivity contribution in [3.05, 3.63) is 99.2 Å². The van der Waals surface area contributed by atoms with Gasteiger partial charge in [-0.05, 0) is 43.3 Å². The maximum absolute atomic E-state index is 13.1. The van der Waals surface area contributed by atoms with Crippen LogP contribution in [0.25, 0.3) is 22.3 Å². The van der Waals surface area contributed by atoms with Gasteiger partial charge in [-0.15, -0.1) is 0 Å². The van der Waals surface area contributed by atoms with E-state index < -0.39 is 0 Å². The highest BCUT2D eigenvalue weighted by Gasteiger charge is 2.19. The summed E-state index contributed by atoms with van der Waals surface area (Å²) in [6, 6.07) is 21.0. The van der Waals surface area contributed by atoms with Crippen molar-refractivity contribution in [3.8, 4) is 17.1 Å². The van der Waals surface area contributed by atoms with Crippen LogP contribution in [0.2, 0.25) is 5.02 Å². The quantitative estimate of drug-likeness (QED) is 0.401. The highest BCUT2D eigenvalue weighted by molar-refractivity contribution is 6.30. The van der Waals surface area contributed by atoms with Gasteiger partial charge in [0, 0.05) is 16.1 Å². The molecule has 3 aromatic carbocycles. The molecule has 4 rings (SSSR count). The summed E-state index contributed by atoms with van der Waals surface area (Å²) in [5, 5.41) is 0.955. The molecular formula is C24H17ClO4. The third kappa shape index (κ3) is 3.93. The van der Waals surface area contributed by atoms with E-state index in [0.29, 0.717) is 27.1 Å². The van der Waals surface area contributed by atoms with Crippen molar-refractivity contribution in [2.75, 3.05) is 6.61 Å². The number of rotatable bonds is 5. The van der Waals surface area contributed by atoms with Crippen LogP contribution < -0.4 is 10.2 Å². The van der Waals surface area contributed by atoms with Gasteiger partial charge in [-0.25, -0.2) is 0 Å². The highest BCUT2D eigenvalue weighted by Crippen LogP contribution is 2.31. The minimum absolute atomic E-state index is 0.00600. The molecule has 1 heterocycles. The molecule has 0 unspecified atom stereocenters. The zero-order valence-electron chi connectivity index (χ0n) is 15.6. The Morgan fingerprint density at radius 1 is 0.966 bits per heavy atom. The molecule has 0 fully saturated rings. The Kier molecular flexibility index (Phi) is 5.19. The summed E-state index contributed by atoms with van der Waals surface area (Å²) in [6.07, 6.45) is 0. The summed E-state index contributed by atoms with van der Waals surface area (Å²) in [5.41, 5.74) is 2.33. The number of carbonyl (C=O) groups is 1. The number of para-hydroxylation sites is 1. The van der Waals surface area contributed by atoms with E-state index >= 15 is 0 Å². The molecule has 4 nitrogen and oxygen atoms in total. The van der Waals surface area contributed by atoms with Crippen molar-refractivity contribution in [2.24, 2.45) is 0 Å². The monoisotopic (exact) mass is 404 g/mol. The van der Waals surface area contributed by atoms with E-state index in [9.17, 15) is 9.59 Å². The molecule has 144 valence electrons. The lowest BCUT2D eigenvalue weighted by molar-refractivity contribution is 0.0920. The van der Waals surface area contributed by atoms with Crippen LogP contribution in [-0.2, 0) is 0 Å². The summed E-state index contributed by atoms with van der Waals surface area (Å²) in [7, 11) is 0. The summed E-state index contributed by atoms with van der Waals surface area (Å²) in [5.74, 6) is 0.0492. The van der Waals surface area contributed by atoms with E-state index in [1.807, 2.05) is 19.1 Å². The van der Waals surface area contributed by atoms with Gasteiger partial charge in [-0.3, -0.25) is 9.59 Å². The highest BCUT2D eigenvalue weighted by atomic mass is 35.5. The van der Waals surface area contributed by atoms with Crippen molar-refractivity contribution in [1.82, 2.24) is 0 Å². The predicted molar refractivity (Wildman–Crippen MR) is 114 cm³/mol. The molecule has 0 bridgehead atoms. The summed E-state index contributed by atoms with van der Waals surface area (Å²) in [6.45, 7) is 1.68. The second kappa shape index (κ2) is 7.94. The van der Waals surface area contributed by atoms with Gasteiger partial charge in [0.05, 0.1) is 5.39 Å². The van der Waals surface area contributed by atoms with E-state index in [1.54, 1.807) is 60.7 Å². The number of Topliss-reactive ketones (excluding diaryl/α,β-unsaturated/α-hetero) is 1. The number of halogens is 1. The summed E-state index contributed by atoms with van der Waals surface area (Å²) >= 11 is 5.98. The molecule has 29 heavy (non-hydrogen) atoms. The molecular weight excluding hydrogens is 388 g/mol. The zero-order chi connectivity index (χ0) is 20.4. The molecule has 0 amide bonds. The largest absolute Gasteiger partial charge is 0.478 e. The van der Waals surface area contributed by atoms with Gasteiger partial charge >= 0.3 is 0 Å². The van der Waals surface area contributed by atoms with Gasteiger partial charge in [0.2, 0.25) is 11.2 Å². The molecule has 0 spiro atoms. The number of ketones is 1. The SMILES string of the molecule is Cc1ccc(C(=O)COc2c(-c3ccc(Cl)cc3)oc3ccccc3c2=O)cc1. The Morgan fingerprint density at radius 3 is 2.38 bits per heavy atom. The molecule has 0 saturated heterocycles. The number of fused-ring (bicyclic) bond motifs is 1. The normalized spacial score (nSPS) is 10.8. The molecule has 1 aromatic heterocycles. The van der Waals surface area contributed by atoms with E-state index in [1.165, 1.54) is 0 Å². The van der Waals surface area contributed by atoms with Crippen LogP contribution in [-0.4, -0.2) is 12.4 Å². The number of benzene rings is 3. The molecule has 5 heteroatoms. The first kappa shape index (κ1) is 19.0. The van der Waals surface area contributed by atoms with Crippen molar-refractivity contribution >= 4 is 28.4 Å². The van der Waals surface area contributed by atoms with Gasteiger partial charge in [0.15, 0.2) is 18.2 Å². The number of hydrogen-bond donors (Lipinski definition) is 0. The van der Waals surface area contributed by atoms with E-state index in [0.717, 1.165) is 5.56 Å². The van der Waals surface area contributed by atoms with Crippen LogP contribution in [0.1, 0.15) is 15.9 Å². The molecule has 0 aliphatic rings. The topological polar surface area (TPSA) is 56.5 Å². The lowest BCUT2D eigenvalue weighted by Crippen LogP contribution is -2.17. The third-order valence-corrected chi connectivity index (χ3v) is 4.84. The molecule has 0 atom stereocenters. The van der Waals surface area contributed by atoms with Crippen molar-refractivity contribution in [3.63, 3.8) is 0 Å². The van der Waals surface area contributed by atoms with E-state index in [4.69, 9.17) is 20.8 Å². The Hall–Kier alpha value is -3.37. The fraction of sp³-hybridized carbons (Fsp3) is 0.0833. The van der Waals surface area contributed by atoms with Crippen LogP contribution in [0.3, 0.4) is 0 Å². The van der Waals surface area contributed by atoms with Gasteiger partial charge in [-0.2, -0.15) is 0 Å². The molecule has 4 aromatic rings. The van der Waals surface area contributed by atoms with Crippen LogP contribution in [0, 0.1) is 6.92 Å². The Bertz CT molecular complexity index is 1240. The van der Waals surface area contributed by atoms with E-state index in [-0.39, 0.29) is 29.3 Å². The maximum atomic E-state index is 13.1. The number of aryl methyl sites for hydroxylation is 1. The van der Waals surface area contributed by atoms with Crippen LogP contribution >= 0.6 is 11.6 Å². The lowest BCUT2D eigenvalue weighted by atomic mass is 10.1. The molecule has 0 aliphatic carbocycles. The molecule has 0 N–H and O–H groups in total.